The Kier molecular flexibility index (Phi) is 4.28. The normalized spacial score (nSPS) is 11.0. The minimum atomic E-state index is -0.601. The van der Waals surface area contributed by atoms with Gasteiger partial charge in [0, 0.05) is 16.5 Å². The lowest BCUT2D eigenvalue weighted by atomic mass is 10.0. The van der Waals surface area contributed by atoms with Gasteiger partial charge in [-0.2, -0.15) is 0 Å². The lowest BCUT2D eigenvalue weighted by molar-refractivity contribution is 0.404. The standard InChI is InChI=1S/C22H17F2NO2/c1-26-15-7-9-21(27-2)16(12-15)13-6-8-19-14(10-13)11-20(25-19)22-17(23)4-3-5-18(22)24/h3-12,25H,1-2H3. The van der Waals surface area contributed by atoms with E-state index in [-0.39, 0.29) is 5.56 Å². The van der Waals surface area contributed by atoms with Crippen molar-refractivity contribution in [2.45, 2.75) is 0 Å². The molecule has 0 aliphatic carbocycles. The van der Waals surface area contributed by atoms with Crippen LogP contribution in [0.5, 0.6) is 11.5 Å². The van der Waals surface area contributed by atoms with E-state index in [1.54, 1.807) is 20.3 Å². The predicted molar refractivity (Wildman–Crippen MR) is 102 cm³/mol. The van der Waals surface area contributed by atoms with Crippen LogP contribution in [-0.2, 0) is 0 Å². The minimum Gasteiger partial charge on any atom is -0.497 e. The fourth-order valence-electron chi connectivity index (χ4n) is 3.23. The van der Waals surface area contributed by atoms with Crippen molar-refractivity contribution >= 4 is 10.9 Å². The number of hydrogen-bond acceptors (Lipinski definition) is 2. The lowest BCUT2D eigenvalue weighted by Crippen LogP contribution is -1.90. The van der Waals surface area contributed by atoms with Crippen molar-refractivity contribution in [2.24, 2.45) is 0 Å². The fourth-order valence-corrected chi connectivity index (χ4v) is 3.23. The quantitative estimate of drug-likeness (QED) is 0.496. The van der Waals surface area contributed by atoms with Crippen LogP contribution in [0, 0.1) is 11.6 Å². The number of aromatic amines is 1. The minimum absolute atomic E-state index is 0.0609. The number of rotatable bonds is 4. The van der Waals surface area contributed by atoms with Crippen LogP contribution in [0.3, 0.4) is 0 Å². The highest BCUT2D eigenvalue weighted by Gasteiger charge is 2.14. The molecule has 0 spiro atoms. The molecule has 136 valence electrons. The first-order chi connectivity index (χ1) is 13.1. The molecule has 0 atom stereocenters. The van der Waals surface area contributed by atoms with Crippen molar-refractivity contribution in [3.8, 4) is 33.9 Å². The average Bonchev–Trinajstić information content (AvgIpc) is 3.10. The van der Waals surface area contributed by atoms with E-state index in [0.29, 0.717) is 17.2 Å². The van der Waals surface area contributed by atoms with Gasteiger partial charge in [-0.25, -0.2) is 8.78 Å². The van der Waals surface area contributed by atoms with Gasteiger partial charge in [-0.15, -0.1) is 0 Å². The van der Waals surface area contributed by atoms with Gasteiger partial charge in [0.05, 0.1) is 25.5 Å². The summed E-state index contributed by atoms with van der Waals surface area (Å²) < 4.78 is 39.0. The first-order valence-corrected chi connectivity index (χ1v) is 8.40. The topological polar surface area (TPSA) is 34.2 Å². The molecular weight excluding hydrogens is 348 g/mol. The van der Waals surface area contributed by atoms with Crippen molar-refractivity contribution in [3.63, 3.8) is 0 Å². The van der Waals surface area contributed by atoms with Gasteiger partial charge in [0.15, 0.2) is 0 Å². The summed E-state index contributed by atoms with van der Waals surface area (Å²) in [6.07, 6.45) is 0. The van der Waals surface area contributed by atoms with Crippen LogP contribution in [0.25, 0.3) is 33.3 Å². The van der Waals surface area contributed by atoms with Gasteiger partial charge in [-0.1, -0.05) is 12.1 Å². The summed E-state index contributed by atoms with van der Waals surface area (Å²) in [7, 11) is 3.22. The number of nitrogens with one attached hydrogen (secondary N) is 1. The molecule has 0 fully saturated rings. The molecule has 1 aromatic heterocycles. The number of ether oxygens (including phenoxy) is 2. The Morgan fingerprint density at radius 1 is 0.815 bits per heavy atom. The molecule has 3 aromatic carbocycles. The molecule has 0 aliphatic heterocycles. The first-order valence-electron chi connectivity index (χ1n) is 8.40. The van der Waals surface area contributed by atoms with E-state index >= 15 is 0 Å². The van der Waals surface area contributed by atoms with Crippen molar-refractivity contribution in [1.29, 1.82) is 0 Å². The summed E-state index contributed by atoms with van der Waals surface area (Å²) in [6.45, 7) is 0. The molecule has 4 aromatic rings. The van der Waals surface area contributed by atoms with E-state index in [0.717, 1.165) is 22.0 Å². The lowest BCUT2D eigenvalue weighted by Gasteiger charge is -2.10. The number of fused-ring (bicyclic) bond motifs is 1. The van der Waals surface area contributed by atoms with Crippen LogP contribution in [-0.4, -0.2) is 19.2 Å². The maximum absolute atomic E-state index is 14.1. The third-order valence-corrected chi connectivity index (χ3v) is 4.57. The molecular formula is C22H17F2NO2. The molecule has 0 radical (unpaired) electrons. The van der Waals surface area contributed by atoms with Gasteiger partial charge in [-0.3, -0.25) is 0 Å². The van der Waals surface area contributed by atoms with Crippen molar-refractivity contribution < 1.29 is 18.3 Å². The fraction of sp³-hybridized carbons (Fsp3) is 0.0909. The zero-order chi connectivity index (χ0) is 19.0. The van der Waals surface area contributed by atoms with E-state index in [1.807, 2.05) is 36.4 Å². The molecule has 0 saturated heterocycles. The zero-order valence-electron chi connectivity index (χ0n) is 14.8. The Hall–Kier alpha value is -3.34. The Morgan fingerprint density at radius 2 is 1.59 bits per heavy atom. The molecule has 0 saturated carbocycles. The zero-order valence-corrected chi connectivity index (χ0v) is 14.8. The largest absolute Gasteiger partial charge is 0.497 e. The molecule has 0 aliphatic rings. The van der Waals surface area contributed by atoms with Crippen LogP contribution in [0.4, 0.5) is 8.78 Å². The monoisotopic (exact) mass is 365 g/mol. The average molecular weight is 365 g/mol. The summed E-state index contributed by atoms with van der Waals surface area (Å²) in [5.74, 6) is 0.229. The highest BCUT2D eigenvalue weighted by molar-refractivity contribution is 5.90. The summed E-state index contributed by atoms with van der Waals surface area (Å²) in [5.41, 5.74) is 2.92. The second-order valence-electron chi connectivity index (χ2n) is 6.15. The van der Waals surface area contributed by atoms with Gasteiger partial charge < -0.3 is 14.5 Å². The molecule has 27 heavy (non-hydrogen) atoms. The van der Waals surface area contributed by atoms with E-state index in [1.165, 1.54) is 18.2 Å². The molecule has 4 rings (SSSR count). The number of hydrogen-bond donors (Lipinski definition) is 1. The van der Waals surface area contributed by atoms with E-state index in [4.69, 9.17) is 9.47 Å². The second kappa shape index (κ2) is 6.76. The van der Waals surface area contributed by atoms with E-state index in [9.17, 15) is 8.78 Å². The molecule has 1 heterocycles. The number of methoxy groups -OCH3 is 2. The van der Waals surface area contributed by atoms with Crippen LogP contribution >= 0.6 is 0 Å². The van der Waals surface area contributed by atoms with Gasteiger partial charge in [0.1, 0.15) is 23.1 Å². The predicted octanol–water partition coefficient (Wildman–Crippen LogP) is 5.80. The number of aromatic nitrogens is 1. The maximum Gasteiger partial charge on any atom is 0.135 e. The van der Waals surface area contributed by atoms with Crippen molar-refractivity contribution in [3.05, 3.63) is 72.3 Å². The van der Waals surface area contributed by atoms with Crippen molar-refractivity contribution in [1.82, 2.24) is 4.98 Å². The summed E-state index contributed by atoms with van der Waals surface area (Å²) in [6, 6.07) is 16.9. The molecule has 1 N–H and O–H groups in total. The van der Waals surface area contributed by atoms with Crippen molar-refractivity contribution in [2.75, 3.05) is 14.2 Å². The Bertz CT molecular complexity index is 1110. The van der Waals surface area contributed by atoms with Gasteiger partial charge in [0.25, 0.3) is 0 Å². The first kappa shape index (κ1) is 17.1. The van der Waals surface area contributed by atoms with Crippen LogP contribution in [0.1, 0.15) is 0 Å². The summed E-state index contributed by atoms with van der Waals surface area (Å²) in [4.78, 5) is 3.09. The second-order valence-corrected chi connectivity index (χ2v) is 6.15. The van der Waals surface area contributed by atoms with Gasteiger partial charge >= 0.3 is 0 Å². The Balaban J connectivity index is 1.85. The van der Waals surface area contributed by atoms with E-state index in [2.05, 4.69) is 4.98 Å². The highest BCUT2D eigenvalue weighted by atomic mass is 19.1. The third-order valence-electron chi connectivity index (χ3n) is 4.57. The van der Waals surface area contributed by atoms with Crippen LogP contribution in [0.2, 0.25) is 0 Å². The number of benzene rings is 3. The molecule has 0 unspecified atom stereocenters. The maximum atomic E-state index is 14.1. The SMILES string of the molecule is COc1ccc(OC)c(-c2ccc3[nH]c(-c4c(F)cccc4F)cc3c2)c1. The summed E-state index contributed by atoms with van der Waals surface area (Å²) in [5, 5.41) is 0.843. The molecule has 3 nitrogen and oxygen atoms in total. The van der Waals surface area contributed by atoms with Gasteiger partial charge in [-0.05, 0) is 54.1 Å². The Morgan fingerprint density at radius 3 is 2.30 bits per heavy atom. The highest BCUT2D eigenvalue weighted by Crippen LogP contribution is 2.36. The van der Waals surface area contributed by atoms with Gasteiger partial charge in [0.2, 0.25) is 0 Å². The number of H-pyrrole nitrogens is 1. The van der Waals surface area contributed by atoms with E-state index < -0.39 is 11.6 Å². The molecule has 0 bridgehead atoms. The van der Waals surface area contributed by atoms with Crippen LogP contribution in [0.15, 0.2) is 60.7 Å². The van der Waals surface area contributed by atoms with Crippen LogP contribution < -0.4 is 9.47 Å². The third kappa shape index (κ3) is 3.01. The molecule has 5 heteroatoms. The summed E-state index contributed by atoms with van der Waals surface area (Å²) >= 11 is 0. The smallest absolute Gasteiger partial charge is 0.135 e. The number of halogens is 2. The Labute approximate surface area is 155 Å². The molecule has 0 amide bonds.